The maximum atomic E-state index is 12.9. The van der Waals surface area contributed by atoms with Gasteiger partial charge in [0.25, 0.3) is 5.91 Å². The number of aryl methyl sites for hydroxylation is 1. The Morgan fingerprint density at radius 2 is 1.83 bits per heavy atom. The summed E-state index contributed by atoms with van der Waals surface area (Å²) >= 11 is 0. The molecule has 2 aromatic carbocycles. The molecule has 9 nitrogen and oxygen atoms in total. The molecule has 0 atom stereocenters. The van der Waals surface area contributed by atoms with E-state index in [0.717, 1.165) is 10.9 Å². The van der Waals surface area contributed by atoms with Gasteiger partial charge in [-0.25, -0.2) is 8.42 Å². The summed E-state index contributed by atoms with van der Waals surface area (Å²) in [5.74, 6) is -0.713. The van der Waals surface area contributed by atoms with E-state index in [1.54, 1.807) is 6.26 Å². The molecule has 0 radical (unpaired) electrons. The van der Waals surface area contributed by atoms with Gasteiger partial charge in [0.05, 0.1) is 30.8 Å². The first-order valence-corrected chi connectivity index (χ1v) is 12.9. The highest BCUT2D eigenvalue weighted by Crippen LogP contribution is 2.29. The molecule has 0 aliphatic carbocycles. The molecule has 4 rings (SSSR count). The summed E-state index contributed by atoms with van der Waals surface area (Å²) in [5.41, 5.74) is 8.60. The Bertz CT molecular complexity index is 1360. The molecule has 0 bridgehead atoms. The number of rotatable bonds is 6. The minimum atomic E-state index is -3.74. The number of hydrogen-bond acceptors (Lipinski definition) is 6. The number of furan rings is 1. The van der Waals surface area contributed by atoms with E-state index in [-0.39, 0.29) is 30.0 Å². The van der Waals surface area contributed by atoms with Crippen molar-refractivity contribution < 1.29 is 27.2 Å². The van der Waals surface area contributed by atoms with Gasteiger partial charge in [-0.2, -0.15) is 4.31 Å². The fraction of sp³-hybridized carbons (Fsp3) is 0.360. The highest BCUT2D eigenvalue weighted by molar-refractivity contribution is 7.89. The number of carbonyl (C=O) groups is 2. The third-order valence-electron chi connectivity index (χ3n) is 6.03. The molecule has 1 aromatic heterocycles. The van der Waals surface area contributed by atoms with E-state index in [1.165, 1.54) is 34.1 Å². The number of nitrogens with zero attached hydrogens (tertiary/aromatic N) is 1. The summed E-state index contributed by atoms with van der Waals surface area (Å²) in [6.07, 6.45) is 1.56. The number of carbonyl (C=O) groups excluding carboxylic acids is 2. The van der Waals surface area contributed by atoms with Crippen LogP contribution in [0.4, 0.5) is 0 Å². The molecular formula is C25H29N3O6S. The Labute approximate surface area is 204 Å². The van der Waals surface area contributed by atoms with Crippen molar-refractivity contribution in [3.63, 3.8) is 0 Å². The van der Waals surface area contributed by atoms with E-state index in [0.29, 0.717) is 30.3 Å². The SMILES string of the molecule is Cc1cc2occ(CC(=O)NNC(=O)c3cccc(S(=O)(=O)N4CCOCC4)c3)c2cc1C(C)C. The summed E-state index contributed by atoms with van der Waals surface area (Å²) in [5, 5.41) is 0.863. The minimum Gasteiger partial charge on any atom is -0.464 e. The van der Waals surface area contributed by atoms with E-state index in [2.05, 4.69) is 24.7 Å². The predicted octanol–water partition coefficient (Wildman–Crippen LogP) is 2.89. The van der Waals surface area contributed by atoms with Gasteiger partial charge in [-0.15, -0.1) is 0 Å². The van der Waals surface area contributed by atoms with Crippen LogP contribution in [0.25, 0.3) is 11.0 Å². The second-order valence-electron chi connectivity index (χ2n) is 8.84. The Kier molecular flexibility index (Phi) is 7.25. The molecule has 0 spiro atoms. The first kappa shape index (κ1) is 24.9. The molecule has 2 N–H and O–H groups in total. The Balaban J connectivity index is 1.41. The van der Waals surface area contributed by atoms with Crippen LogP contribution in [-0.2, 0) is 26.0 Å². The zero-order chi connectivity index (χ0) is 25.2. The molecule has 186 valence electrons. The lowest BCUT2D eigenvalue weighted by atomic mass is 9.95. The molecule has 35 heavy (non-hydrogen) atoms. The molecule has 1 aliphatic rings. The highest BCUT2D eigenvalue weighted by Gasteiger charge is 2.27. The van der Waals surface area contributed by atoms with E-state index < -0.39 is 21.8 Å². The molecule has 1 fully saturated rings. The Hall–Kier alpha value is -3.21. The maximum Gasteiger partial charge on any atom is 0.269 e. The minimum absolute atomic E-state index is 0.0132. The van der Waals surface area contributed by atoms with Crippen molar-refractivity contribution in [2.24, 2.45) is 0 Å². The van der Waals surface area contributed by atoms with Crippen LogP contribution in [0.3, 0.4) is 0 Å². The quantitative estimate of drug-likeness (QED) is 0.504. The number of morpholine rings is 1. The average Bonchev–Trinajstić information content (AvgIpc) is 3.23. The van der Waals surface area contributed by atoms with Gasteiger partial charge in [-0.3, -0.25) is 20.4 Å². The van der Waals surface area contributed by atoms with Crippen LogP contribution in [0.2, 0.25) is 0 Å². The molecule has 0 unspecified atom stereocenters. The third kappa shape index (κ3) is 5.39. The zero-order valence-corrected chi connectivity index (χ0v) is 20.8. The van der Waals surface area contributed by atoms with E-state index >= 15 is 0 Å². The van der Waals surface area contributed by atoms with Gasteiger partial charge < -0.3 is 9.15 Å². The monoisotopic (exact) mass is 499 g/mol. The van der Waals surface area contributed by atoms with Gasteiger partial charge in [-0.1, -0.05) is 19.9 Å². The number of benzene rings is 2. The normalized spacial score (nSPS) is 14.9. The molecule has 10 heteroatoms. The van der Waals surface area contributed by atoms with Crippen molar-refractivity contribution in [2.75, 3.05) is 26.3 Å². The van der Waals surface area contributed by atoms with Crippen LogP contribution in [0.1, 0.15) is 46.8 Å². The van der Waals surface area contributed by atoms with Crippen molar-refractivity contribution in [1.29, 1.82) is 0 Å². The van der Waals surface area contributed by atoms with Gasteiger partial charge in [0.1, 0.15) is 5.58 Å². The van der Waals surface area contributed by atoms with Crippen molar-refractivity contribution in [2.45, 2.75) is 38.0 Å². The lowest BCUT2D eigenvalue weighted by molar-refractivity contribution is -0.121. The smallest absolute Gasteiger partial charge is 0.269 e. The van der Waals surface area contributed by atoms with E-state index in [9.17, 15) is 18.0 Å². The van der Waals surface area contributed by atoms with Crippen LogP contribution in [0.5, 0.6) is 0 Å². The van der Waals surface area contributed by atoms with Crippen LogP contribution < -0.4 is 10.9 Å². The van der Waals surface area contributed by atoms with Gasteiger partial charge in [-0.05, 0) is 54.3 Å². The zero-order valence-electron chi connectivity index (χ0n) is 20.0. The Morgan fingerprint density at radius 1 is 1.09 bits per heavy atom. The maximum absolute atomic E-state index is 12.9. The Morgan fingerprint density at radius 3 is 2.54 bits per heavy atom. The fourth-order valence-corrected chi connectivity index (χ4v) is 5.61. The van der Waals surface area contributed by atoms with Crippen LogP contribution in [0.15, 0.2) is 52.0 Å². The van der Waals surface area contributed by atoms with Gasteiger partial charge in [0, 0.05) is 29.6 Å². The second-order valence-corrected chi connectivity index (χ2v) is 10.8. The van der Waals surface area contributed by atoms with Crippen molar-refractivity contribution >= 4 is 32.8 Å². The summed E-state index contributed by atoms with van der Waals surface area (Å²) in [7, 11) is -3.74. The summed E-state index contributed by atoms with van der Waals surface area (Å²) in [6.45, 7) is 7.42. The van der Waals surface area contributed by atoms with Crippen molar-refractivity contribution in [3.8, 4) is 0 Å². The lowest BCUT2D eigenvalue weighted by Gasteiger charge is -2.26. The average molecular weight is 500 g/mol. The molecular weight excluding hydrogens is 470 g/mol. The second kappa shape index (κ2) is 10.2. The van der Waals surface area contributed by atoms with Crippen molar-refractivity contribution in [1.82, 2.24) is 15.2 Å². The predicted molar refractivity (Wildman–Crippen MR) is 130 cm³/mol. The molecule has 2 heterocycles. The van der Waals surface area contributed by atoms with Crippen molar-refractivity contribution in [3.05, 3.63) is 64.9 Å². The van der Waals surface area contributed by atoms with E-state index in [4.69, 9.17) is 9.15 Å². The largest absolute Gasteiger partial charge is 0.464 e. The standard InChI is InChI=1S/C25H29N3O6S/c1-16(2)21-14-22-19(15-34-23(22)11-17(21)3)13-24(29)26-27-25(30)18-5-4-6-20(12-18)35(31,32)28-7-9-33-10-8-28/h4-6,11-12,14-16H,7-10,13H2,1-3H3,(H,26,29)(H,27,30). The van der Waals surface area contributed by atoms with Crippen LogP contribution >= 0.6 is 0 Å². The number of hydrogen-bond donors (Lipinski definition) is 2. The lowest BCUT2D eigenvalue weighted by Crippen LogP contribution is -2.42. The summed E-state index contributed by atoms with van der Waals surface area (Å²) < 4.78 is 37.9. The number of ether oxygens (including phenoxy) is 1. The number of sulfonamides is 1. The van der Waals surface area contributed by atoms with Gasteiger partial charge in [0.15, 0.2) is 0 Å². The number of fused-ring (bicyclic) bond motifs is 1. The number of nitrogens with one attached hydrogen (secondary N) is 2. The molecule has 0 saturated carbocycles. The summed E-state index contributed by atoms with van der Waals surface area (Å²) in [6, 6.07) is 9.73. The number of amides is 2. The van der Waals surface area contributed by atoms with Gasteiger partial charge in [0.2, 0.25) is 15.9 Å². The van der Waals surface area contributed by atoms with Crippen LogP contribution in [0, 0.1) is 6.92 Å². The molecule has 1 saturated heterocycles. The molecule has 2 amide bonds. The molecule has 3 aromatic rings. The topological polar surface area (TPSA) is 118 Å². The highest BCUT2D eigenvalue weighted by atomic mass is 32.2. The first-order chi connectivity index (χ1) is 16.7. The van der Waals surface area contributed by atoms with Gasteiger partial charge >= 0.3 is 0 Å². The van der Waals surface area contributed by atoms with Crippen LogP contribution in [-0.4, -0.2) is 50.8 Å². The number of hydrazine groups is 1. The molecule has 1 aliphatic heterocycles. The summed E-state index contributed by atoms with van der Waals surface area (Å²) in [4.78, 5) is 25.1. The third-order valence-corrected chi connectivity index (χ3v) is 7.93. The van der Waals surface area contributed by atoms with E-state index in [1.807, 2.05) is 19.1 Å². The fourth-order valence-electron chi connectivity index (χ4n) is 4.15. The first-order valence-electron chi connectivity index (χ1n) is 11.4.